The molecule has 98 valence electrons. The standard InChI is InChI=1S/C14H18BrNOS/c15-10-12-6-4-5-9-16(12)14(17)11-18-13-7-2-1-3-8-13/h1-3,7-8,12H,4-6,9-11H2. The highest BCUT2D eigenvalue weighted by Crippen LogP contribution is 2.22. The van der Waals surface area contributed by atoms with E-state index in [1.54, 1.807) is 11.8 Å². The fourth-order valence-corrected chi connectivity index (χ4v) is 3.71. The van der Waals surface area contributed by atoms with Crippen molar-refractivity contribution in [3.63, 3.8) is 0 Å². The van der Waals surface area contributed by atoms with Crippen molar-refractivity contribution >= 4 is 33.6 Å². The van der Waals surface area contributed by atoms with Crippen molar-refractivity contribution in [2.45, 2.75) is 30.2 Å². The van der Waals surface area contributed by atoms with E-state index in [9.17, 15) is 4.79 Å². The van der Waals surface area contributed by atoms with E-state index in [-0.39, 0.29) is 5.91 Å². The Kier molecular flexibility index (Phi) is 5.57. The lowest BCUT2D eigenvalue weighted by Gasteiger charge is -2.34. The Balaban J connectivity index is 1.87. The summed E-state index contributed by atoms with van der Waals surface area (Å²) in [7, 11) is 0. The molecule has 1 atom stereocenters. The number of hydrogen-bond acceptors (Lipinski definition) is 2. The summed E-state index contributed by atoms with van der Waals surface area (Å²) < 4.78 is 0. The third kappa shape index (κ3) is 3.75. The molecule has 2 nitrogen and oxygen atoms in total. The number of benzene rings is 1. The predicted molar refractivity (Wildman–Crippen MR) is 80.3 cm³/mol. The second-order valence-electron chi connectivity index (χ2n) is 4.49. The van der Waals surface area contributed by atoms with Crippen LogP contribution in [0.4, 0.5) is 0 Å². The molecule has 0 radical (unpaired) electrons. The molecular formula is C14H18BrNOS. The van der Waals surface area contributed by atoms with E-state index >= 15 is 0 Å². The van der Waals surface area contributed by atoms with E-state index < -0.39 is 0 Å². The third-order valence-corrected chi connectivity index (χ3v) is 4.98. The highest BCUT2D eigenvalue weighted by Gasteiger charge is 2.25. The first-order valence-corrected chi connectivity index (χ1v) is 8.45. The average molecular weight is 328 g/mol. The van der Waals surface area contributed by atoms with Gasteiger partial charge in [0.15, 0.2) is 0 Å². The lowest BCUT2D eigenvalue weighted by Crippen LogP contribution is -2.45. The monoisotopic (exact) mass is 327 g/mol. The van der Waals surface area contributed by atoms with Crippen LogP contribution in [0.5, 0.6) is 0 Å². The number of thioether (sulfide) groups is 1. The van der Waals surface area contributed by atoms with E-state index in [0.29, 0.717) is 11.8 Å². The topological polar surface area (TPSA) is 20.3 Å². The van der Waals surface area contributed by atoms with Crippen molar-refractivity contribution in [1.82, 2.24) is 4.90 Å². The molecule has 4 heteroatoms. The number of piperidine rings is 1. The van der Waals surface area contributed by atoms with Crippen LogP contribution in [0, 0.1) is 0 Å². The zero-order valence-electron chi connectivity index (χ0n) is 10.3. The molecule has 1 unspecified atom stereocenters. The molecule has 0 N–H and O–H groups in total. The van der Waals surface area contributed by atoms with Gasteiger partial charge in [-0.05, 0) is 31.4 Å². The van der Waals surface area contributed by atoms with Crippen molar-refractivity contribution in [2.75, 3.05) is 17.6 Å². The number of carbonyl (C=O) groups is 1. The van der Waals surface area contributed by atoms with Crippen molar-refractivity contribution in [1.29, 1.82) is 0 Å². The zero-order valence-corrected chi connectivity index (χ0v) is 12.8. The third-order valence-electron chi connectivity index (χ3n) is 3.23. The Morgan fingerprint density at radius 3 is 2.83 bits per heavy atom. The number of likely N-dealkylation sites (tertiary alicyclic amines) is 1. The molecule has 1 saturated heterocycles. The van der Waals surface area contributed by atoms with Gasteiger partial charge in [-0.1, -0.05) is 34.1 Å². The highest BCUT2D eigenvalue weighted by atomic mass is 79.9. The van der Waals surface area contributed by atoms with Crippen LogP contribution in [-0.2, 0) is 4.79 Å². The van der Waals surface area contributed by atoms with Gasteiger partial charge in [0.1, 0.15) is 0 Å². The van der Waals surface area contributed by atoms with E-state index in [1.807, 2.05) is 23.1 Å². The van der Waals surface area contributed by atoms with Crippen LogP contribution in [0.1, 0.15) is 19.3 Å². The number of hydrogen-bond donors (Lipinski definition) is 0. The SMILES string of the molecule is O=C(CSc1ccccc1)N1CCCCC1CBr. The maximum absolute atomic E-state index is 12.2. The second-order valence-corrected chi connectivity index (χ2v) is 6.19. The average Bonchev–Trinajstić information content (AvgIpc) is 2.45. The summed E-state index contributed by atoms with van der Waals surface area (Å²) in [5.41, 5.74) is 0. The Hall–Kier alpha value is -0.480. The highest BCUT2D eigenvalue weighted by molar-refractivity contribution is 9.09. The first-order valence-electron chi connectivity index (χ1n) is 6.34. The van der Waals surface area contributed by atoms with E-state index in [4.69, 9.17) is 0 Å². The molecule has 1 fully saturated rings. The number of nitrogens with zero attached hydrogens (tertiary/aromatic N) is 1. The molecule has 0 bridgehead atoms. The van der Waals surface area contributed by atoms with Crippen molar-refractivity contribution in [3.05, 3.63) is 30.3 Å². The summed E-state index contributed by atoms with van der Waals surface area (Å²) in [6, 6.07) is 10.5. The Bertz CT molecular complexity index is 385. The number of rotatable bonds is 4. The summed E-state index contributed by atoms with van der Waals surface area (Å²) in [5, 5.41) is 0.898. The van der Waals surface area contributed by atoms with Gasteiger partial charge in [0.2, 0.25) is 5.91 Å². The lowest BCUT2D eigenvalue weighted by molar-refractivity contribution is -0.131. The Labute approximate surface area is 121 Å². The minimum atomic E-state index is 0.271. The predicted octanol–water partition coefficient (Wildman–Crippen LogP) is 3.55. The molecule has 0 spiro atoms. The van der Waals surface area contributed by atoms with E-state index in [2.05, 4.69) is 28.1 Å². The molecule has 0 saturated carbocycles. The van der Waals surface area contributed by atoms with Crippen molar-refractivity contribution in [3.8, 4) is 0 Å². The van der Waals surface area contributed by atoms with Gasteiger partial charge >= 0.3 is 0 Å². The second kappa shape index (κ2) is 7.19. The summed E-state index contributed by atoms with van der Waals surface area (Å²) in [4.78, 5) is 15.4. The van der Waals surface area contributed by atoms with Crippen LogP contribution >= 0.6 is 27.7 Å². The molecule has 1 amide bonds. The quantitative estimate of drug-likeness (QED) is 0.622. The summed E-state index contributed by atoms with van der Waals surface area (Å²) >= 11 is 5.14. The van der Waals surface area contributed by atoms with Gasteiger partial charge in [-0.2, -0.15) is 0 Å². The normalized spacial score (nSPS) is 19.8. The van der Waals surface area contributed by atoms with Crippen LogP contribution < -0.4 is 0 Å². The Morgan fingerprint density at radius 1 is 1.33 bits per heavy atom. The maximum Gasteiger partial charge on any atom is 0.233 e. The van der Waals surface area contributed by atoms with Crippen LogP contribution in [-0.4, -0.2) is 34.5 Å². The molecule has 1 aromatic carbocycles. The van der Waals surface area contributed by atoms with Gasteiger partial charge < -0.3 is 4.90 Å². The number of halogens is 1. The van der Waals surface area contributed by atoms with Crippen LogP contribution in [0.2, 0.25) is 0 Å². The Morgan fingerprint density at radius 2 is 2.11 bits per heavy atom. The van der Waals surface area contributed by atoms with Crippen LogP contribution in [0.25, 0.3) is 0 Å². The molecule has 18 heavy (non-hydrogen) atoms. The smallest absolute Gasteiger partial charge is 0.233 e. The zero-order chi connectivity index (χ0) is 12.8. The minimum Gasteiger partial charge on any atom is -0.338 e. The molecule has 2 rings (SSSR count). The maximum atomic E-state index is 12.2. The van der Waals surface area contributed by atoms with Crippen LogP contribution in [0.15, 0.2) is 35.2 Å². The van der Waals surface area contributed by atoms with Gasteiger partial charge in [-0.3, -0.25) is 4.79 Å². The van der Waals surface area contributed by atoms with E-state index in [0.717, 1.165) is 24.7 Å². The van der Waals surface area contributed by atoms with Gasteiger partial charge in [0.25, 0.3) is 0 Å². The van der Waals surface area contributed by atoms with Gasteiger partial charge in [-0.25, -0.2) is 0 Å². The molecule has 1 aromatic rings. The molecular weight excluding hydrogens is 310 g/mol. The number of carbonyl (C=O) groups excluding carboxylic acids is 1. The lowest BCUT2D eigenvalue weighted by atomic mass is 10.0. The number of alkyl halides is 1. The first kappa shape index (κ1) is 13.9. The summed E-state index contributed by atoms with van der Waals surface area (Å²) in [6.45, 7) is 0.921. The first-order chi connectivity index (χ1) is 8.81. The minimum absolute atomic E-state index is 0.271. The van der Waals surface area contributed by atoms with Gasteiger partial charge in [0, 0.05) is 22.8 Å². The molecule has 0 aromatic heterocycles. The van der Waals surface area contributed by atoms with Crippen molar-refractivity contribution in [2.24, 2.45) is 0 Å². The summed E-state index contributed by atoms with van der Waals surface area (Å²) in [6.07, 6.45) is 3.52. The fourth-order valence-electron chi connectivity index (χ4n) is 2.23. The van der Waals surface area contributed by atoms with Gasteiger partial charge in [-0.15, -0.1) is 11.8 Å². The molecule has 1 aliphatic rings. The molecule has 0 aliphatic carbocycles. The molecule has 1 aliphatic heterocycles. The summed E-state index contributed by atoms with van der Waals surface area (Å²) in [5.74, 6) is 0.820. The fraction of sp³-hybridized carbons (Fsp3) is 0.500. The van der Waals surface area contributed by atoms with Crippen LogP contribution in [0.3, 0.4) is 0 Å². The van der Waals surface area contributed by atoms with Crippen molar-refractivity contribution < 1.29 is 4.79 Å². The van der Waals surface area contributed by atoms with E-state index in [1.165, 1.54) is 11.3 Å². The largest absolute Gasteiger partial charge is 0.338 e. The van der Waals surface area contributed by atoms with Gasteiger partial charge in [0.05, 0.1) is 5.75 Å². The number of amides is 1. The molecule has 1 heterocycles.